The Morgan fingerprint density at radius 1 is 1.00 bits per heavy atom. The van der Waals surface area contributed by atoms with Gasteiger partial charge in [0, 0.05) is 35.3 Å². The van der Waals surface area contributed by atoms with Gasteiger partial charge in [0.15, 0.2) is 0 Å². The van der Waals surface area contributed by atoms with Crippen LogP contribution in [0.25, 0.3) is 0 Å². The number of amides is 1. The van der Waals surface area contributed by atoms with E-state index < -0.39 is 17.6 Å². The van der Waals surface area contributed by atoms with Gasteiger partial charge in [-0.15, -0.1) is 0 Å². The predicted octanol–water partition coefficient (Wildman–Crippen LogP) is 7.76. The highest BCUT2D eigenvalue weighted by molar-refractivity contribution is 6.31. The van der Waals surface area contributed by atoms with Gasteiger partial charge in [-0.1, -0.05) is 29.8 Å². The molecule has 1 heterocycles. The average Bonchev–Trinajstić information content (AvgIpc) is 3.51. The summed E-state index contributed by atoms with van der Waals surface area (Å²) < 4.78 is 45.5. The van der Waals surface area contributed by atoms with Gasteiger partial charge in [-0.25, -0.2) is 0 Å². The number of hydrogen-bond acceptors (Lipinski definition) is 5. The molecule has 0 spiro atoms. The highest BCUT2D eigenvalue weighted by Gasteiger charge is 2.30. The van der Waals surface area contributed by atoms with E-state index in [1.807, 2.05) is 6.07 Å². The number of benzene rings is 3. The molecule has 1 saturated heterocycles. The molecule has 3 N–H and O–H groups in total. The van der Waals surface area contributed by atoms with E-state index in [1.54, 1.807) is 18.2 Å². The summed E-state index contributed by atoms with van der Waals surface area (Å²) in [5.41, 5.74) is 0.988. The number of halogens is 4. The lowest BCUT2D eigenvalue weighted by atomic mass is 9.90. The second-order valence-corrected chi connectivity index (χ2v) is 11.5. The van der Waals surface area contributed by atoms with E-state index in [-0.39, 0.29) is 24.3 Å². The molecule has 42 heavy (non-hydrogen) atoms. The van der Waals surface area contributed by atoms with E-state index in [0.29, 0.717) is 34.1 Å². The van der Waals surface area contributed by atoms with Crippen molar-refractivity contribution in [1.29, 1.82) is 0 Å². The van der Waals surface area contributed by atoms with Crippen molar-refractivity contribution in [3.63, 3.8) is 0 Å². The second-order valence-electron chi connectivity index (χ2n) is 11.0. The van der Waals surface area contributed by atoms with Crippen molar-refractivity contribution in [3.8, 4) is 11.5 Å². The van der Waals surface area contributed by atoms with Gasteiger partial charge in [-0.05, 0) is 93.6 Å². The Balaban J connectivity index is 1.29. The molecule has 1 aliphatic heterocycles. The van der Waals surface area contributed by atoms with Crippen LogP contribution in [0.4, 0.5) is 24.5 Å². The summed E-state index contributed by atoms with van der Waals surface area (Å²) in [6.45, 7) is 2.49. The van der Waals surface area contributed by atoms with E-state index >= 15 is 0 Å². The molecule has 1 saturated carbocycles. The van der Waals surface area contributed by atoms with Crippen LogP contribution >= 0.6 is 11.6 Å². The summed E-state index contributed by atoms with van der Waals surface area (Å²) in [5, 5.41) is 16.8. The van der Waals surface area contributed by atoms with Crippen molar-refractivity contribution in [1.82, 2.24) is 4.90 Å². The minimum Gasteiger partial charge on any atom is -0.507 e. The first kappa shape index (κ1) is 30.0. The molecule has 0 bridgehead atoms. The number of rotatable bonds is 9. The van der Waals surface area contributed by atoms with Crippen molar-refractivity contribution in [2.75, 3.05) is 30.3 Å². The number of aromatic hydroxyl groups is 1. The van der Waals surface area contributed by atoms with E-state index in [2.05, 4.69) is 15.5 Å². The van der Waals surface area contributed by atoms with Crippen LogP contribution in [-0.4, -0.2) is 47.7 Å². The maximum atomic E-state index is 13.2. The van der Waals surface area contributed by atoms with E-state index in [1.165, 1.54) is 50.2 Å². The fourth-order valence-electron chi connectivity index (χ4n) is 5.82. The summed E-state index contributed by atoms with van der Waals surface area (Å²) >= 11 is 6.02. The van der Waals surface area contributed by atoms with E-state index in [4.69, 9.17) is 16.3 Å². The van der Waals surface area contributed by atoms with Crippen LogP contribution in [0.1, 0.15) is 60.0 Å². The number of anilines is 2. The monoisotopic (exact) mass is 601 g/mol. The molecule has 10 heteroatoms. The third-order valence-corrected chi connectivity index (χ3v) is 8.30. The molecule has 0 atom stereocenters. The van der Waals surface area contributed by atoms with Gasteiger partial charge in [0.1, 0.15) is 11.5 Å². The number of carbonyl (C=O) groups is 1. The molecule has 1 aliphatic carbocycles. The number of alkyl halides is 3. The summed E-state index contributed by atoms with van der Waals surface area (Å²) in [6.07, 6.45) is 2.80. The maximum Gasteiger partial charge on any atom is 0.416 e. The Labute approximate surface area is 248 Å². The van der Waals surface area contributed by atoms with Crippen molar-refractivity contribution < 1.29 is 27.8 Å². The number of phenolic OH excluding ortho intramolecular Hbond substituents is 1. The van der Waals surface area contributed by atoms with E-state index in [9.17, 15) is 23.1 Å². The molecule has 0 aromatic heterocycles. The smallest absolute Gasteiger partial charge is 0.416 e. The summed E-state index contributed by atoms with van der Waals surface area (Å²) in [6, 6.07) is 15.7. The van der Waals surface area contributed by atoms with Gasteiger partial charge in [0.25, 0.3) is 5.91 Å². The minimum atomic E-state index is -4.42. The molecule has 1 amide bonds. The van der Waals surface area contributed by atoms with E-state index in [0.717, 1.165) is 43.5 Å². The largest absolute Gasteiger partial charge is 0.507 e. The first-order chi connectivity index (χ1) is 20.2. The van der Waals surface area contributed by atoms with Gasteiger partial charge in [0.2, 0.25) is 0 Å². The molecule has 3 aromatic rings. The lowest BCUT2D eigenvalue weighted by Gasteiger charge is -2.35. The maximum absolute atomic E-state index is 13.2. The molecule has 3 aromatic carbocycles. The Morgan fingerprint density at radius 2 is 1.76 bits per heavy atom. The predicted molar refractivity (Wildman–Crippen MR) is 159 cm³/mol. The molecular weight excluding hydrogens is 567 g/mol. The highest BCUT2D eigenvalue weighted by Crippen LogP contribution is 2.34. The fourth-order valence-corrected chi connectivity index (χ4v) is 6.00. The molecule has 5 rings (SSSR count). The highest BCUT2D eigenvalue weighted by atomic mass is 35.5. The van der Waals surface area contributed by atoms with Crippen LogP contribution in [0.2, 0.25) is 5.02 Å². The normalized spacial score (nSPS) is 19.4. The molecule has 2 fully saturated rings. The van der Waals surface area contributed by atoms with Crippen molar-refractivity contribution in [3.05, 3.63) is 82.4 Å². The zero-order valence-electron chi connectivity index (χ0n) is 23.2. The van der Waals surface area contributed by atoms with Crippen molar-refractivity contribution in [2.45, 2.75) is 63.2 Å². The Bertz CT molecular complexity index is 1390. The van der Waals surface area contributed by atoms with Crippen molar-refractivity contribution >= 4 is 28.9 Å². The van der Waals surface area contributed by atoms with Crippen LogP contribution < -0.4 is 15.4 Å². The third-order valence-electron chi connectivity index (χ3n) is 8.06. The fraction of sp³-hybridized carbons (Fsp3) is 0.406. The second kappa shape index (κ2) is 13.3. The van der Waals surface area contributed by atoms with Gasteiger partial charge >= 0.3 is 6.18 Å². The van der Waals surface area contributed by atoms with Crippen LogP contribution in [0.3, 0.4) is 0 Å². The van der Waals surface area contributed by atoms with Crippen LogP contribution in [0.15, 0.2) is 60.7 Å². The number of ether oxygens (including phenoxy) is 1. The quantitative estimate of drug-likeness (QED) is 0.234. The number of nitrogens with zero attached hydrogens (tertiary/aromatic N) is 1. The number of phenols is 1. The molecule has 224 valence electrons. The number of likely N-dealkylation sites (tertiary alicyclic amines) is 1. The molecule has 0 unspecified atom stereocenters. The topological polar surface area (TPSA) is 73.8 Å². The Morgan fingerprint density at radius 3 is 2.50 bits per heavy atom. The molecule has 0 radical (unpaired) electrons. The van der Waals surface area contributed by atoms with Crippen LogP contribution in [-0.2, 0) is 12.6 Å². The Hall–Kier alpha value is -3.43. The SMILES string of the molecule is O=C(Nc1ccc(NC2CCC(N3CCCC3)CC2)cc1OCCc1cccc(C(F)(F)F)c1)c1cc(Cl)ccc1O. The minimum absolute atomic E-state index is 0.00868. The zero-order chi connectivity index (χ0) is 29.7. The van der Waals surface area contributed by atoms with Crippen molar-refractivity contribution in [2.24, 2.45) is 0 Å². The lowest BCUT2D eigenvalue weighted by molar-refractivity contribution is -0.137. The number of carbonyl (C=O) groups excluding carboxylic acids is 1. The standard InChI is InChI=1S/C32H35ClF3N3O3/c33-23-6-13-29(40)27(19-23)31(41)38-28-12-9-25(37-24-7-10-26(11-8-24)39-15-1-2-16-39)20-30(28)42-17-14-21-4-3-5-22(18-21)32(34,35)36/h3-6,9,12-13,18-20,24,26,37,40H,1-2,7-8,10-11,14-17H2,(H,38,41). The van der Waals surface area contributed by atoms with Gasteiger partial charge < -0.3 is 25.4 Å². The summed E-state index contributed by atoms with van der Waals surface area (Å²) in [5.74, 6) is -0.419. The number of nitrogens with one attached hydrogen (secondary N) is 2. The first-order valence-corrected chi connectivity index (χ1v) is 14.8. The number of hydrogen-bond donors (Lipinski definition) is 3. The Kier molecular flexibility index (Phi) is 9.48. The van der Waals surface area contributed by atoms with Gasteiger partial charge in [-0.2, -0.15) is 13.2 Å². The molecule has 2 aliphatic rings. The molecule has 6 nitrogen and oxygen atoms in total. The average molecular weight is 602 g/mol. The van der Waals surface area contributed by atoms with Crippen LogP contribution in [0, 0.1) is 0 Å². The van der Waals surface area contributed by atoms with Crippen LogP contribution in [0.5, 0.6) is 11.5 Å². The van der Waals surface area contributed by atoms with Gasteiger partial charge in [-0.3, -0.25) is 4.79 Å². The zero-order valence-corrected chi connectivity index (χ0v) is 24.0. The lowest BCUT2D eigenvalue weighted by Crippen LogP contribution is -2.38. The third kappa shape index (κ3) is 7.69. The van der Waals surface area contributed by atoms with Gasteiger partial charge in [0.05, 0.1) is 23.4 Å². The first-order valence-electron chi connectivity index (χ1n) is 14.4. The summed E-state index contributed by atoms with van der Waals surface area (Å²) in [4.78, 5) is 15.6. The molecular formula is C32H35ClF3N3O3. The summed E-state index contributed by atoms with van der Waals surface area (Å²) in [7, 11) is 0.